The third-order valence-electron chi connectivity index (χ3n) is 4.94. The number of ether oxygens (including phenoxy) is 1. The van der Waals surface area contributed by atoms with Crippen molar-refractivity contribution in [3.05, 3.63) is 42.5 Å². The molecule has 1 fully saturated rings. The summed E-state index contributed by atoms with van der Waals surface area (Å²) in [4.78, 5) is 4.66. The van der Waals surface area contributed by atoms with E-state index in [0.717, 1.165) is 17.7 Å². The number of aliphatic imine (C=N–C) groups is 1. The molecule has 1 aromatic carbocycles. The number of sulfone groups is 1. The van der Waals surface area contributed by atoms with Gasteiger partial charge in [-0.2, -0.15) is 0 Å². The van der Waals surface area contributed by atoms with Gasteiger partial charge in [0.15, 0.2) is 15.8 Å². The summed E-state index contributed by atoms with van der Waals surface area (Å²) in [6.07, 6.45) is 3.27. The minimum absolute atomic E-state index is 0. The van der Waals surface area contributed by atoms with E-state index in [1.54, 1.807) is 6.08 Å². The largest absolute Gasteiger partial charge is 0.487 e. The number of fused-ring (bicyclic) bond motifs is 1. The molecule has 3 rings (SSSR count). The summed E-state index contributed by atoms with van der Waals surface area (Å²) in [5.74, 6) is 2.17. The molecule has 0 bridgehead atoms. The Morgan fingerprint density at radius 1 is 1.39 bits per heavy atom. The number of halogens is 1. The Balaban J connectivity index is 0.00000280. The molecule has 0 saturated carbocycles. The zero-order chi connectivity index (χ0) is 19.5. The number of hydrogen-bond acceptors (Lipinski definition) is 4. The van der Waals surface area contributed by atoms with Gasteiger partial charge < -0.3 is 15.4 Å². The van der Waals surface area contributed by atoms with Crippen LogP contribution in [-0.2, 0) is 9.84 Å². The lowest BCUT2D eigenvalue weighted by Gasteiger charge is -2.38. The van der Waals surface area contributed by atoms with Crippen molar-refractivity contribution < 1.29 is 13.2 Å². The van der Waals surface area contributed by atoms with Gasteiger partial charge in [0.05, 0.1) is 17.5 Å². The van der Waals surface area contributed by atoms with Crippen LogP contribution in [0.25, 0.3) is 0 Å². The highest BCUT2D eigenvalue weighted by molar-refractivity contribution is 14.0. The van der Waals surface area contributed by atoms with Gasteiger partial charge >= 0.3 is 0 Å². The average molecular weight is 519 g/mol. The van der Waals surface area contributed by atoms with Crippen LogP contribution in [0.5, 0.6) is 5.75 Å². The molecular weight excluding hydrogens is 489 g/mol. The van der Waals surface area contributed by atoms with E-state index < -0.39 is 9.84 Å². The highest BCUT2D eigenvalue weighted by Gasteiger charge is 2.34. The maximum atomic E-state index is 11.7. The maximum absolute atomic E-state index is 11.7. The molecule has 2 heterocycles. The van der Waals surface area contributed by atoms with E-state index in [1.807, 2.05) is 18.2 Å². The second-order valence-electron chi connectivity index (χ2n) is 7.93. The Labute approximate surface area is 185 Å². The standard InChI is InChI=1S/C20H29N3O3S.HI/c1-4-10-21-19(22-13-15-9-11-27(24,25)14-15)23-17-12-20(2,3)26-18-8-6-5-7-16(17)18;/h4-8,15,17H,1,9-14H2,2-3H3,(H2,21,22,23);1H. The highest BCUT2D eigenvalue weighted by Crippen LogP contribution is 2.39. The van der Waals surface area contributed by atoms with Gasteiger partial charge in [-0.15, -0.1) is 30.6 Å². The van der Waals surface area contributed by atoms with Crippen molar-refractivity contribution in [2.24, 2.45) is 10.9 Å². The summed E-state index contributed by atoms with van der Waals surface area (Å²) in [5, 5.41) is 6.76. The van der Waals surface area contributed by atoms with Crippen molar-refractivity contribution in [2.75, 3.05) is 24.6 Å². The number of hydrogen-bond donors (Lipinski definition) is 2. The van der Waals surface area contributed by atoms with E-state index in [9.17, 15) is 8.42 Å². The summed E-state index contributed by atoms with van der Waals surface area (Å²) in [6, 6.07) is 8.10. The lowest BCUT2D eigenvalue weighted by molar-refractivity contribution is 0.0694. The topological polar surface area (TPSA) is 79.8 Å². The molecule has 2 aliphatic heterocycles. The molecule has 2 N–H and O–H groups in total. The first-order valence-corrected chi connectivity index (χ1v) is 11.2. The lowest BCUT2D eigenvalue weighted by atomic mass is 9.90. The molecule has 2 atom stereocenters. The average Bonchev–Trinajstić information content (AvgIpc) is 2.95. The van der Waals surface area contributed by atoms with E-state index in [2.05, 4.69) is 42.1 Å². The zero-order valence-corrected chi connectivity index (χ0v) is 19.6. The SMILES string of the molecule is C=CCNC(=NCC1CCS(=O)(=O)C1)NC1CC(C)(C)Oc2ccccc21.I. The van der Waals surface area contributed by atoms with Crippen LogP contribution in [0.4, 0.5) is 0 Å². The fraction of sp³-hybridized carbons (Fsp3) is 0.550. The van der Waals surface area contributed by atoms with Gasteiger partial charge in [-0.05, 0) is 32.3 Å². The van der Waals surface area contributed by atoms with Crippen molar-refractivity contribution in [3.8, 4) is 5.75 Å². The van der Waals surface area contributed by atoms with Crippen molar-refractivity contribution in [3.63, 3.8) is 0 Å². The second kappa shape index (κ2) is 9.47. The Kier molecular flexibility index (Phi) is 7.78. The van der Waals surface area contributed by atoms with Crippen LogP contribution in [0.15, 0.2) is 41.9 Å². The van der Waals surface area contributed by atoms with Crippen molar-refractivity contribution in [2.45, 2.75) is 38.3 Å². The molecule has 8 heteroatoms. The van der Waals surface area contributed by atoms with Gasteiger partial charge in [0.1, 0.15) is 11.4 Å². The third-order valence-corrected chi connectivity index (χ3v) is 6.77. The van der Waals surface area contributed by atoms with E-state index in [0.29, 0.717) is 25.5 Å². The molecule has 1 aromatic rings. The summed E-state index contributed by atoms with van der Waals surface area (Å²) >= 11 is 0. The number of rotatable bonds is 5. The first kappa shape index (κ1) is 23.0. The van der Waals surface area contributed by atoms with Crippen molar-refractivity contribution >= 4 is 39.8 Å². The molecule has 1 saturated heterocycles. The van der Waals surface area contributed by atoms with Crippen LogP contribution in [-0.4, -0.2) is 44.6 Å². The van der Waals surface area contributed by atoms with Crippen molar-refractivity contribution in [1.82, 2.24) is 10.6 Å². The molecule has 0 amide bonds. The monoisotopic (exact) mass is 519 g/mol. The molecule has 0 aromatic heterocycles. The molecule has 0 radical (unpaired) electrons. The van der Waals surface area contributed by atoms with Gasteiger partial charge in [0.25, 0.3) is 0 Å². The van der Waals surface area contributed by atoms with Gasteiger partial charge in [0, 0.05) is 25.1 Å². The molecule has 6 nitrogen and oxygen atoms in total. The maximum Gasteiger partial charge on any atom is 0.192 e. The molecule has 2 aliphatic rings. The third kappa shape index (κ3) is 6.10. The fourth-order valence-electron chi connectivity index (χ4n) is 3.65. The van der Waals surface area contributed by atoms with Gasteiger partial charge in [-0.3, -0.25) is 4.99 Å². The Bertz CT molecular complexity index is 824. The van der Waals surface area contributed by atoms with Crippen LogP contribution >= 0.6 is 24.0 Å². The molecule has 0 aliphatic carbocycles. The molecule has 28 heavy (non-hydrogen) atoms. The van der Waals surface area contributed by atoms with Gasteiger partial charge in [0.2, 0.25) is 0 Å². The van der Waals surface area contributed by atoms with Crippen molar-refractivity contribution in [1.29, 1.82) is 0 Å². The second-order valence-corrected chi connectivity index (χ2v) is 10.2. The van der Waals surface area contributed by atoms with E-state index >= 15 is 0 Å². The molecule has 156 valence electrons. The smallest absolute Gasteiger partial charge is 0.192 e. The summed E-state index contributed by atoms with van der Waals surface area (Å²) < 4.78 is 29.4. The number of nitrogens with zero attached hydrogens (tertiary/aromatic N) is 1. The molecule has 0 spiro atoms. The Hall–Kier alpha value is -1.29. The van der Waals surface area contributed by atoms with E-state index in [-0.39, 0.29) is 53.0 Å². The summed E-state index contributed by atoms with van der Waals surface area (Å²) in [5.41, 5.74) is 0.822. The normalized spacial score (nSPS) is 25.0. The van der Waals surface area contributed by atoms with Gasteiger partial charge in [-0.25, -0.2) is 8.42 Å². The summed E-state index contributed by atoms with van der Waals surface area (Å²) in [6.45, 7) is 8.99. The number of nitrogens with one attached hydrogen (secondary N) is 2. The highest BCUT2D eigenvalue weighted by atomic mass is 127. The first-order chi connectivity index (χ1) is 12.8. The fourth-order valence-corrected chi connectivity index (χ4v) is 5.50. The molecular formula is C20H30IN3O3S. The lowest BCUT2D eigenvalue weighted by Crippen LogP contribution is -2.45. The minimum Gasteiger partial charge on any atom is -0.487 e. The Morgan fingerprint density at radius 2 is 2.14 bits per heavy atom. The van der Waals surface area contributed by atoms with Crippen LogP contribution in [0.1, 0.15) is 38.3 Å². The Morgan fingerprint density at radius 3 is 2.82 bits per heavy atom. The predicted octanol–water partition coefficient (Wildman–Crippen LogP) is 3.06. The van der Waals surface area contributed by atoms with Gasteiger partial charge in [-0.1, -0.05) is 24.3 Å². The quantitative estimate of drug-likeness (QED) is 0.271. The van der Waals surface area contributed by atoms with Crippen LogP contribution in [0.3, 0.4) is 0 Å². The molecule has 2 unspecified atom stereocenters. The minimum atomic E-state index is -2.89. The number of benzene rings is 1. The van der Waals surface area contributed by atoms with Crippen LogP contribution in [0, 0.1) is 5.92 Å². The van der Waals surface area contributed by atoms with E-state index in [1.165, 1.54) is 0 Å². The van der Waals surface area contributed by atoms with E-state index in [4.69, 9.17) is 4.74 Å². The number of para-hydroxylation sites is 1. The first-order valence-electron chi connectivity index (χ1n) is 9.42. The van der Waals surface area contributed by atoms with Crippen LogP contribution < -0.4 is 15.4 Å². The number of guanidine groups is 1. The zero-order valence-electron chi connectivity index (χ0n) is 16.5. The summed E-state index contributed by atoms with van der Waals surface area (Å²) in [7, 11) is -2.89. The van der Waals surface area contributed by atoms with Crippen LogP contribution in [0.2, 0.25) is 0 Å². The predicted molar refractivity (Wildman–Crippen MR) is 124 cm³/mol.